The van der Waals surface area contributed by atoms with Crippen LogP contribution in [0, 0.1) is 6.92 Å². The Morgan fingerprint density at radius 2 is 1.76 bits per heavy atom. The van der Waals surface area contributed by atoms with Gasteiger partial charge < -0.3 is 15.4 Å². The Balaban J connectivity index is 2.06. The third kappa shape index (κ3) is 7.34. The van der Waals surface area contributed by atoms with Gasteiger partial charge in [-0.05, 0) is 25.0 Å². The quantitative estimate of drug-likeness (QED) is 0.682. The highest BCUT2D eigenvalue weighted by molar-refractivity contribution is 5.76. The van der Waals surface area contributed by atoms with Crippen LogP contribution in [0.4, 0.5) is 0 Å². The second-order valence-corrected chi connectivity index (χ2v) is 4.77. The maximum Gasteiger partial charge on any atom is 0.220 e. The number of hydrogen-bond acceptors (Lipinski definition) is 3. The molecule has 0 atom stereocenters. The molecule has 0 aliphatic carbocycles. The van der Waals surface area contributed by atoms with Crippen molar-refractivity contribution >= 4 is 11.8 Å². The number of nitrogens with one attached hydrogen (secondary N) is 2. The second kappa shape index (κ2) is 9.80. The Morgan fingerprint density at radius 3 is 2.43 bits per heavy atom. The molecule has 0 saturated heterocycles. The molecule has 0 unspecified atom stereocenters. The fourth-order valence-corrected chi connectivity index (χ4v) is 1.75. The number of para-hydroxylation sites is 1. The molecular formula is C16H24N2O3. The zero-order valence-corrected chi connectivity index (χ0v) is 12.8. The van der Waals surface area contributed by atoms with E-state index in [1.165, 1.54) is 0 Å². The molecule has 0 aliphatic heterocycles. The van der Waals surface area contributed by atoms with Gasteiger partial charge in [0.05, 0.1) is 6.61 Å². The van der Waals surface area contributed by atoms with Crippen molar-refractivity contribution in [2.45, 2.75) is 33.1 Å². The summed E-state index contributed by atoms with van der Waals surface area (Å²) < 4.78 is 5.62. The van der Waals surface area contributed by atoms with Crippen LogP contribution in [-0.2, 0) is 9.59 Å². The van der Waals surface area contributed by atoms with E-state index in [1.54, 1.807) is 6.92 Å². The fourth-order valence-electron chi connectivity index (χ4n) is 1.75. The molecule has 0 aromatic heterocycles. The Morgan fingerprint density at radius 1 is 1.10 bits per heavy atom. The first-order valence-corrected chi connectivity index (χ1v) is 7.35. The van der Waals surface area contributed by atoms with Crippen LogP contribution in [0.1, 0.15) is 31.7 Å². The number of amides is 2. The second-order valence-electron chi connectivity index (χ2n) is 4.77. The van der Waals surface area contributed by atoms with Crippen LogP contribution in [0.5, 0.6) is 5.75 Å². The molecule has 2 N–H and O–H groups in total. The van der Waals surface area contributed by atoms with Gasteiger partial charge in [0.15, 0.2) is 0 Å². The van der Waals surface area contributed by atoms with Crippen molar-refractivity contribution in [3.63, 3.8) is 0 Å². The Kier molecular flexibility index (Phi) is 7.94. The van der Waals surface area contributed by atoms with Crippen molar-refractivity contribution in [1.29, 1.82) is 0 Å². The third-order valence-corrected chi connectivity index (χ3v) is 2.99. The number of aryl methyl sites for hydroxylation is 1. The summed E-state index contributed by atoms with van der Waals surface area (Å²) in [6, 6.07) is 7.81. The van der Waals surface area contributed by atoms with Crippen LogP contribution in [0.15, 0.2) is 24.3 Å². The summed E-state index contributed by atoms with van der Waals surface area (Å²) in [7, 11) is 0. The molecule has 0 fully saturated rings. The number of carbonyl (C=O) groups excluding carboxylic acids is 2. The lowest BCUT2D eigenvalue weighted by molar-refractivity contribution is -0.122. The van der Waals surface area contributed by atoms with Crippen LogP contribution in [0.3, 0.4) is 0 Å². The summed E-state index contributed by atoms with van der Waals surface area (Å²) in [4.78, 5) is 22.5. The highest BCUT2D eigenvalue weighted by Gasteiger charge is 2.02. The van der Waals surface area contributed by atoms with Gasteiger partial charge in [0, 0.05) is 25.9 Å². The van der Waals surface area contributed by atoms with Gasteiger partial charge >= 0.3 is 0 Å². The number of hydrogen-bond donors (Lipinski definition) is 2. The van der Waals surface area contributed by atoms with Crippen molar-refractivity contribution < 1.29 is 14.3 Å². The number of ether oxygens (including phenoxy) is 1. The molecule has 21 heavy (non-hydrogen) atoms. The molecule has 0 saturated carbocycles. The molecular weight excluding hydrogens is 268 g/mol. The van der Waals surface area contributed by atoms with E-state index in [4.69, 9.17) is 4.74 Å². The van der Waals surface area contributed by atoms with Crippen LogP contribution in [-0.4, -0.2) is 31.5 Å². The first kappa shape index (κ1) is 17.0. The molecule has 116 valence electrons. The normalized spacial score (nSPS) is 10.0. The zero-order valence-electron chi connectivity index (χ0n) is 12.8. The molecule has 0 heterocycles. The van der Waals surface area contributed by atoms with E-state index in [0.717, 1.165) is 11.3 Å². The Hall–Kier alpha value is -2.04. The highest BCUT2D eigenvalue weighted by Crippen LogP contribution is 2.16. The van der Waals surface area contributed by atoms with Gasteiger partial charge in [0.1, 0.15) is 5.75 Å². The maximum atomic E-state index is 11.6. The Labute approximate surface area is 126 Å². The SMILES string of the molecule is CCC(=O)NCCNC(=O)CCCOc1ccccc1C. The van der Waals surface area contributed by atoms with E-state index in [9.17, 15) is 9.59 Å². The average molecular weight is 292 g/mol. The maximum absolute atomic E-state index is 11.6. The van der Waals surface area contributed by atoms with Gasteiger partial charge in [-0.2, -0.15) is 0 Å². The first-order valence-electron chi connectivity index (χ1n) is 7.35. The van der Waals surface area contributed by atoms with Crippen LogP contribution in [0.2, 0.25) is 0 Å². The lowest BCUT2D eigenvalue weighted by Crippen LogP contribution is -2.34. The van der Waals surface area contributed by atoms with Crippen LogP contribution in [0.25, 0.3) is 0 Å². The third-order valence-electron chi connectivity index (χ3n) is 2.99. The summed E-state index contributed by atoms with van der Waals surface area (Å²) in [5.41, 5.74) is 1.09. The molecule has 0 aliphatic rings. The fraction of sp³-hybridized carbons (Fsp3) is 0.500. The predicted molar refractivity (Wildman–Crippen MR) is 82.2 cm³/mol. The van der Waals surface area contributed by atoms with E-state index in [2.05, 4.69) is 10.6 Å². The van der Waals surface area contributed by atoms with Gasteiger partial charge in [-0.3, -0.25) is 9.59 Å². The lowest BCUT2D eigenvalue weighted by Gasteiger charge is -2.09. The van der Waals surface area contributed by atoms with Crippen molar-refractivity contribution in [3.05, 3.63) is 29.8 Å². The van der Waals surface area contributed by atoms with Gasteiger partial charge in [-0.25, -0.2) is 0 Å². The minimum atomic E-state index is -0.0193. The van der Waals surface area contributed by atoms with Crippen molar-refractivity contribution in [3.8, 4) is 5.75 Å². The molecule has 0 spiro atoms. The highest BCUT2D eigenvalue weighted by atomic mass is 16.5. The molecule has 1 aromatic rings. The number of benzene rings is 1. The summed E-state index contributed by atoms with van der Waals surface area (Å²) in [5.74, 6) is 0.838. The summed E-state index contributed by atoms with van der Waals surface area (Å²) in [6.07, 6.45) is 1.55. The van der Waals surface area contributed by atoms with E-state index in [1.807, 2.05) is 31.2 Å². The van der Waals surface area contributed by atoms with Gasteiger partial charge in [0.25, 0.3) is 0 Å². The van der Waals surface area contributed by atoms with Crippen LogP contribution >= 0.6 is 0 Å². The summed E-state index contributed by atoms with van der Waals surface area (Å²) in [5, 5.41) is 5.47. The van der Waals surface area contributed by atoms with Gasteiger partial charge in [-0.15, -0.1) is 0 Å². The van der Waals surface area contributed by atoms with Crippen molar-refractivity contribution in [2.75, 3.05) is 19.7 Å². The molecule has 5 heteroatoms. The van der Waals surface area contributed by atoms with E-state index in [0.29, 0.717) is 39.0 Å². The van der Waals surface area contributed by atoms with Gasteiger partial charge in [-0.1, -0.05) is 25.1 Å². The van der Waals surface area contributed by atoms with Crippen LogP contribution < -0.4 is 15.4 Å². The minimum absolute atomic E-state index is 0.00381. The number of carbonyl (C=O) groups is 2. The topological polar surface area (TPSA) is 67.4 Å². The van der Waals surface area contributed by atoms with E-state index >= 15 is 0 Å². The largest absolute Gasteiger partial charge is 0.493 e. The molecule has 1 aromatic carbocycles. The van der Waals surface area contributed by atoms with Gasteiger partial charge in [0.2, 0.25) is 11.8 Å². The average Bonchev–Trinajstić information content (AvgIpc) is 2.49. The molecule has 2 amide bonds. The zero-order chi connectivity index (χ0) is 15.5. The molecule has 0 radical (unpaired) electrons. The molecule has 1 rings (SSSR count). The van der Waals surface area contributed by atoms with Crippen molar-refractivity contribution in [2.24, 2.45) is 0 Å². The summed E-state index contributed by atoms with van der Waals surface area (Å²) >= 11 is 0. The predicted octanol–water partition coefficient (Wildman–Crippen LogP) is 1.80. The molecule has 0 bridgehead atoms. The standard InChI is InChI=1S/C16H24N2O3/c1-3-15(19)17-10-11-18-16(20)9-6-12-21-14-8-5-4-7-13(14)2/h4-5,7-8H,3,6,9-12H2,1-2H3,(H,17,19)(H,18,20). The Bertz CT molecular complexity index is 461. The summed E-state index contributed by atoms with van der Waals surface area (Å²) in [6.45, 7) is 5.24. The first-order chi connectivity index (χ1) is 10.1. The van der Waals surface area contributed by atoms with Crippen molar-refractivity contribution in [1.82, 2.24) is 10.6 Å². The molecule has 5 nitrogen and oxygen atoms in total. The minimum Gasteiger partial charge on any atom is -0.493 e. The smallest absolute Gasteiger partial charge is 0.220 e. The monoisotopic (exact) mass is 292 g/mol. The van der Waals surface area contributed by atoms with E-state index < -0.39 is 0 Å². The van der Waals surface area contributed by atoms with E-state index in [-0.39, 0.29) is 11.8 Å². The lowest BCUT2D eigenvalue weighted by atomic mass is 10.2. The number of rotatable bonds is 9.